The molecule has 1 aliphatic rings. The highest BCUT2D eigenvalue weighted by atomic mass is 32.2. The van der Waals surface area contributed by atoms with Crippen molar-refractivity contribution in [3.8, 4) is 0 Å². The van der Waals surface area contributed by atoms with Crippen LogP contribution in [0.1, 0.15) is 22.3 Å². The third kappa shape index (κ3) is 3.68. The predicted molar refractivity (Wildman–Crippen MR) is 89.3 cm³/mol. The zero-order valence-electron chi connectivity index (χ0n) is 13.2. The smallest absolute Gasteiger partial charge is 0.335 e. The number of aromatic carboxylic acids is 1. The fourth-order valence-electron chi connectivity index (χ4n) is 2.71. The Bertz CT molecular complexity index is 873. The normalized spacial score (nSPS) is 20.2. The molecule has 1 heterocycles. The van der Waals surface area contributed by atoms with Crippen molar-refractivity contribution in [1.29, 1.82) is 0 Å². The van der Waals surface area contributed by atoms with E-state index in [4.69, 9.17) is 5.11 Å². The molecule has 1 saturated heterocycles. The highest BCUT2D eigenvalue weighted by Crippen LogP contribution is 2.27. The second-order valence-corrected chi connectivity index (χ2v) is 9.79. The molecule has 1 atom stereocenters. The lowest BCUT2D eigenvalue weighted by atomic mass is 10.1. The fraction of sp³-hybridized carbons (Fsp3) is 0.400. The first-order chi connectivity index (χ1) is 11.1. The molecule has 0 bridgehead atoms. The molecule has 132 valence electrons. The second kappa shape index (κ2) is 6.66. The van der Waals surface area contributed by atoms with E-state index in [0.717, 1.165) is 10.4 Å². The minimum Gasteiger partial charge on any atom is -0.478 e. The van der Waals surface area contributed by atoms with Crippen molar-refractivity contribution in [1.82, 2.24) is 4.31 Å². The van der Waals surface area contributed by atoms with Crippen LogP contribution in [0.25, 0.3) is 0 Å². The van der Waals surface area contributed by atoms with Gasteiger partial charge in [-0.1, -0.05) is 12.1 Å². The summed E-state index contributed by atoms with van der Waals surface area (Å²) in [4.78, 5) is 11.0. The first-order valence-electron chi connectivity index (χ1n) is 7.25. The summed E-state index contributed by atoms with van der Waals surface area (Å²) < 4.78 is 50.5. The van der Waals surface area contributed by atoms with Crippen molar-refractivity contribution in [3.63, 3.8) is 0 Å². The minimum absolute atomic E-state index is 0.0424. The van der Waals surface area contributed by atoms with Gasteiger partial charge in [-0.25, -0.2) is 21.6 Å². The van der Waals surface area contributed by atoms with Crippen LogP contribution >= 0.6 is 0 Å². The third-order valence-electron chi connectivity index (χ3n) is 3.95. The molecular weight excluding hydrogens is 354 g/mol. The number of sulfone groups is 1. The zero-order valence-corrected chi connectivity index (χ0v) is 14.8. The number of hydrogen-bond donors (Lipinski definition) is 1. The molecule has 1 aromatic rings. The molecule has 24 heavy (non-hydrogen) atoms. The first kappa shape index (κ1) is 18.6. The fourth-order valence-corrected chi connectivity index (χ4v) is 6.41. The van der Waals surface area contributed by atoms with Gasteiger partial charge < -0.3 is 5.11 Å². The van der Waals surface area contributed by atoms with Gasteiger partial charge in [0.15, 0.2) is 9.84 Å². The van der Waals surface area contributed by atoms with E-state index < -0.39 is 31.9 Å². The number of rotatable bonds is 6. The molecule has 0 amide bonds. The third-order valence-corrected chi connectivity index (χ3v) is 7.76. The standard InChI is InChI=1S/C15H19NO6S2/c1-3-7-16(13-6-8-23(19,20)10-13)24(21,22)14-9-12(15(17)18)5-4-11(14)2/h3-5,9,13H,1,6-8,10H2,2H3,(H,17,18)/t13-/m1/s1. The van der Waals surface area contributed by atoms with E-state index in [1.807, 2.05) is 0 Å². The number of nitrogens with zero attached hydrogens (tertiary/aromatic N) is 1. The van der Waals surface area contributed by atoms with Gasteiger partial charge in [-0.15, -0.1) is 6.58 Å². The van der Waals surface area contributed by atoms with Crippen LogP contribution < -0.4 is 0 Å². The number of benzene rings is 1. The Kier molecular flexibility index (Phi) is 5.17. The molecular formula is C15H19NO6S2. The quantitative estimate of drug-likeness (QED) is 0.747. The van der Waals surface area contributed by atoms with Crippen LogP contribution in [0.15, 0.2) is 35.7 Å². The molecule has 2 rings (SSSR count). The van der Waals surface area contributed by atoms with Gasteiger partial charge in [0.25, 0.3) is 0 Å². The highest BCUT2D eigenvalue weighted by Gasteiger charge is 2.38. The van der Waals surface area contributed by atoms with E-state index in [9.17, 15) is 21.6 Å². The van der Waals surface area contributed by atoms with E-state index in [1.165, 1.54) is 18.2 Å². The highest BCUT2D eigenvalue weighted by molar-refractivity contribution is 7.92. The Labute approximate surface area is 141 Å². The summed E-state index contributed by atoms with van der Waals surface area (Å²) in [6.07, 6.45) is 1.60. The summed E-state index contributed by atoms with van der Waals surface area (Å²) in [5.74, 6) is -1.53. The number of aryl methyl sites for hydroxylation is 1. The largest absolute Gasteiger partial charge is 0.478 e. The molecule has 0 saturated carbocycles. The van der Waals surface area contributed by atoms with Crippen LogP contribution in [-0.2, 0) is 19.9 Å². The summed E-state index contributed by atoms with van der Waals surface area (Å²) in [6, 6.07) is 3.18. The van der Waals surface area contributed by atoms with Gasteiger partial charge in [-0.05, 0) is 31.0 Å². The maximum atomic E-state index is 13.0. The predicted octanol–water partition coefficient (Wildman–Crippen LogP) is 1.06. The SMILES string of the molecule is C=CCN([C@@H]1CCS(=O)(=O)C1)S(=O)(=O)c1cc(C(=O)O)ccc1C. The van der Waals surface area contributed by atoms with Crippen molar-refractivity contribution in [2.75, 3.05) is 18.1 Å². The molecule has 1 fully saturated rings. The van der Waals surface area contributed by atoms with Crippen molar-refractivity contribution in [2.24, 2.45) is 0 Å². The van der Waals surface area contributed by atoms with E-state index in [2.05, 4.69) is 6.58 Å². The van der Waals surface area contributed by atoms with Crippen molar-refractivity contribution in [2.45, 2.75) is 24.3 Å². The molecule has 0 aliphatic carbocycles. The van der Waals surface area contributed by atoms with E-state index in [-0.39, 0.29) is 34.9 Å². The Morgan fingerprint density at radius 3 is 2.62 bits per heavy atom. The zero-order chi connectivity index (χ0) is 18.1. The minimum atomic E-state index is -4.05. The molecule has 0 aromatic heterocycles. The average Bonchev–Trinajstić information content (AvgIpc) is 2.84. The monoisotopic (exact) mass is 373 g/mol. The summed E-state index contributed by atoms with van der Waals surface area (Å²) in [5, 5.41) is 9.08. The van der Waals surface area contributed by atoms with Gasteiger partial charge in [0, 0.05) is 12.6 Å². The van der Waals surface area contributed by atoms with Gasteiger partial charge in [0.2, 0.25) is 10.0 Å². The molecule has 9 heteroatoms. The van der Waals surface area contributed by atoms with E-state index in [0.29, 0.717) is 5.56 Å². The maximum Gasteiger partial charge on any atom is 0.335 e. The van der Waals surface area contributed by atoms with Crippen LogP contribution in [0.5, 0.6) is 0 Å². The lowest BCUT2D eigenvalue weighted by Crippen LogP contribution is -2.41. The van der Waals surface area contributed by atoms with Crippen molar-refractivity contribution < 1.29 is 26.7 Å². The Morgan fingerprint density at radius 1 is 1.46 bits per heavy atom. The molecule has 1 aliphatic heterocycles. The number of carboxylic acid groups (broad SMARTS) is 1. The molecule has 0 unspecified atom stereocenters. The topological polar surface area (TPSA) is 109 Å². The average molecular weight is 373 g/mol. The summed E-state index contributed by atoms with van der Waals surface area (Å²) >= 11 is 0. The number of sulfonamides is 1. The van der Waals surface area contributed by atoms with Gasteiger partial charge >= 0.3 is 5.97 Å². The lowest BCUT2D eigenvalue weighted by molar-refractivity contribution is 0.0696. The van der Waals surface area contributed by atoms with Gasteiger partial charge in [0.1, 0.15) is 0 Å². The summed E-state index contributed by atoms with van der Waals surface area (Å²) in [7, 11) is -7.32. The number of carboxylic acids is 1. The second-order valence-electron chi connectivity index (χ2n) is 5.71. The van der Waals surface area contributed by atoms with E-state index >= 15 is 0 Å². The molecule has 0 radical (unpaired) electrons. The van der Waals surface area contributed by atoms with Crippen molar-refractivity contribution >= 4 is 25.8 Å². The molecule has 0 spiro atoms. The molecule has 1 aromatic carbocycles. The maximum absolute atomic E-state index is 13.0. The lowest BCUT2D eigenvalue weighted by Gasteiger charge is -2.27. The van der Waals surface area contributed by atoms with Gasteiger partial charge in [-0.2, -0.15) is 4.31 Å². The van der Waals surface area contributed by atoms with Gasteiger partial charge in [-0.3, -0.25) is 0 Å². The Hall–Kier alpha value is -1.71. The number of hydrogen-bond acceptors (Lipinski definition) is 5. The number of carbonyl (C=O) groups is 1. The Morgan fingerprint density at radius 2 is 2.12 bits per heavy atom. The molecule has 1 N–H and O–H groups in total. The van der Waals surface area contributed by atoms with Crippen LogP contribution in [0.2, 0.25) is 0 Å². The van der Waals surface area contributed by atoms with E-state index in [1.54, 1.807) is 6.92 Å². The van der Waals surface area contributed by atoms with Crippen molar-refractivity contribution in [3.05, 3.63) is 42.0 Å². The summed E-state index contributed by atoms with van der Waals surface area (Å²) in [6.45, 7) is 5.06. The summed E-state index contributed by atoms with van der Waals surface area (Å²) in [5.41, 5.74) is 0.256. The Balaban J connectivity index is 2.51. The van der Waals surface area contributed by atoms with Gasteiger partial charge in [0.05, 0.1) is 22.0 Å². The molecule has 7 nitrogen and oxygen atoms in total. The van der Waals surface area contributed by atoms with Crippen LogP contribution in [-0.4, -0.2) is 56.3 Å². The van der Waals surface area contributed by atoms with Crippen LogP contribution in [0.4, 0.5) is 0 Å². The van der Waals surface area contributed by atoms with Crippen LogP contribution in [0, 0.1) is 6.92 Å². The first-order valence-corrected chi connectivity index (χ1v) is 10.5. The van der Waals surface area contributed by atoms with Crippen LogP contribution in [0.3, 0.4) is 0 Å².